The first-order chi connectivity index (χ1) is 16.0. The summed E-state index contributed by atoms with van der Waals surface area (Å²) >= 11 is 0. The van der Waals surface area contributed by atoms with Crippen LogP contribution in [0.2, 0.25) is 0 Å². The van der Waals surface area contributed by atoms with E-state index in [1.807, 2.05) is 24.3 Å². The van der Waals surface area contributed by atoms with Crippen molar-refractivity contribution < 1.29 is 27.0 Å². The molecule has 1 aliphatic heterocycles. The van der Waals surface area contributed by atoms with Crippen molar-refractivity contribution in [2.75, 3.05) is 20.3 Å². The Labute approximate surface area is 191 Å². The zero-order chi connectivity index (χ0) is 22.8. The van der Waals surface area contributed by atoms with E-state index in [0.29, 0.717) is 47.5 Å². The summed E-state index contributed by atoms with van der Waals surface area (Å²) in [5, 5.41) is 0.849. The number of nitrogens with one attached hydrogen (secondary N) is 1. The van der Waals surface area contributed by atoms with Gasteiger partial charge in [0.1, 0.15) is 28.8 Å². The van der Waals surface area contributed by atoms with Crippen LogP contribution >= 0.6 is 0 Å². The maximum atomic E-state index is 13.5. The molecular weight excluding hydrogens is 444 g/mol. The summed E-state index contributed by atoms with van der Waals surface area (Å²) in [5.74, 6) is 1.74. The Morgan fingerprint density at radius 2 is 1.82 bits per heavy atom. The number of aromatic nitrogens is 1. The third-order valence-electron chi connectivity index (χ3n) is 5.32. The molecule has 8 nitrogen and oxygen atoms in total. The van der Waals surface area contributed by atoms with Crippen molar-refractivity contribution in [2.24, 2.45) is 0 Å². The quantitative estimate of drug-likeness (QED) is 0.457. The minimum Gasteiger partial charge on any atom is -0.495 e. The fourth-order valence-electron chi connectivity index (χ4n) is 3.72. The average molecular weight is 467 g/mol. The molecule has 4 aromatic rings. The first kappa shape index (κ1) is 21.3. The second-order valence-electron chi connectivity index (χ2n) is 7.49. The summed E-state index contributed by atoms with van der Waals surface area (Å²) in [7, 11) is -2.50. The number of sulfonamides is 1. The number of methoxy groups -OCH3 is 1. The number of rotatable bonds is 6. The van der Waals surface area contributed by atoms with E-state index in [4.69, 9.17) is 18.6 Å². The second kappa shape index (κ2) is 8.76. The van der Waals surface area contributed by atoms with E-state index in [1.54, 1.807) is 30.5 Å². The van der Waals surface area contributed by atoms with Crippen molar-refractivity contribution >= 4 is 21.0 Å². The second-order valence-corrected chi connectivity index (χ2v) is 9.20. The molecule has 0 saturated carbocycles. The molecule has 0 bridgehead atoms. The zero-order valence-electron chi connectivity index (χ0n) is 17.9. The fraction of sp³-hybridized carbons (Fsp3) is 0.208. The van der Waals surface area contributed by atoms with Crippen molar-refractivity contribution in [1.29, 1.82) is 0 Å². The summed E-state index contributed by atoms with van der Waals surface area (Å²) in [6.07, 6.45) is 2.30. The highest BCUT2D eigenvalue weighted by Gasteiger charge is 2.30. The number of para-hydroxylation sites is 1. The van der Waals surface area contributed by atoms with Gasteiger partial charge in [-0.05, 0) is 36.4 Å². The summed E-state index contributed by atoms with van der Waals surface area (Å²) in [6.45, 7) is 0.974. The Bertz CT molecular complexity index is 1370. The van der Waals surface area contributed by atoms with Gasteiger partial charge in [0.2, 0.25) is 10.0 Å². The first-order valence-electron chi connectivity index (χ1n) is 10.4. The van der Waals surface area contributed by atoms with Crippen molar-refractivity contribution in [2.45, 2.75) is 17.4 Å². The number of fused-ring (bicyclic) bond motifs is 2. The third-order valence-corrected chi connectivity index (χ3v) is 6.75. The molecule has 0 amide bonds. The van der Waals surface area contributed by atoms with Crippen LogP contribution in [0.4, 0.5) is 0 Å². The van der Waals surface area contributed by atoms with E-state index >= 15 is 0 Å². The standard InChI is InChI=1S/C24H22N2O6S/c1-29-20-8-4-11-25-23(20)24(22-14-16-6-2-3-7-18(16)32-22)26-33(27,28)17-9-10-19-21(15-17)31-13-5-12-30-19/h2-4,6-11,14-15,24,26H,5,12-13H2,1H3/t24-/m1/s1. The van der Waals surface area contributed by atoms with Crippen LogP contribution in [0.3, 0.4) is 0 Å². The van der Waals surface area contributed by atoms with Gasteiger partial charge in [-0.25, -0.2) is 8.42 Å². The maximum absolute atomic E-state index is 13.5. The molecule has 170 valence electrons. The SMILES string of the molecule is COc1cccnc1[C@H](NS(=O)(=O)c1ccc2c(c1)OCCCO2)c1cc2ccccc2o1. The Hall–Kier alpha value is -3.56. The van der Waals surface area contributed by atoms with Gasteiger partial charge >= 0.3 is 0 Å². The summed E-state index contributed by atoms with van der Waals surface area (Å²) in [4.78, 5) is 4.44. The number of furan rings is 1. The van der Waals surface area contributed by atoms with Crippen molar-refractivity contribution in [3.05, 3.63) is 78.3 Å². The fourth-order valence-corrected chi connectivity index (χ4v) is 4.90. The van der Waals surface area contributed by atoms with Crippen molar-refractivity contribution in [1.82, 2.24) is 9.71 Å². The molecule has 1 aliphatic rings. The molecule has 0 unspecified atom stereocenters. The highest BCUT2D eigenvalue weighted by molar-refractivity contribution is 7.89. The molecule has 3 heterocycles. The predicted molar refractivity (Wildman–Crippen MR) is 121 cm³/mol. The molecule has 1 atom stereocenters. The van der Waals surface area contributed by atoms with Gasteiger partial charge in [-0.3, -0.25) is 4.98 Å². The molecule has 2 aromatic carbocycles. The van der Waals surface area contributed by atoms with Gasteiger partial charge in [0.25, 0.3) is 0 Å². The summed E-state index contributed by atoms with van der Waals surface area (Å²) < 4.78 is 52.4. The topological polar surface area (TPSA) is 99.9 Å². The monoisotopic (exact) mass is 466 g/mol. The summed E-state index contributed by atoms with van der Waals surface area (Å²) in [5.41, 5.74) is 1.03. The van der Waals surface area contributed by atoms with Crippen LogP contribution in [-0.2, 0) is 10.0 Å². The highest BCUT2D eigenvalue weighted by atomic mass is 32.2. The number of hydrogen-bond donors (Lipinski definition) is 1. The third kappa shape index (κ3) is 4.24. The van der Waals surface area contributed by atoms with E-state index in [1.165, 1.54) is 19.2 Å². The normalized spacial score (nSPS) is 14.6. The van der Waals surface area contributed by atoms with E-state index in [2.05, 4.69) is 9.71 Å². The number of hydrogen-bond acceptors (Lipinski definition) is 7. The van der Waals surface area contributed by atoms with Crippen molar-refractivity contribution in [3.63, 3.8) is 0 Å². The van der Waals surface area contributed by atoms with Crippen LogP contribution in [0.5, 0.6) is 17.2 Å². The zero-order valence-corrected chi connectivity index (χ0v) is 18.7. The van der Waals surface area contributed by atoms with Gasteiger partial charge in [0.05, 0.1) is 25.2 Å². The van der Waals surface area contributed by atoms with E-state index < -0.39 is 16.1 Å². The Morgan fingerprint density at radius 3 is 2.64 bits per heavy atom. The molecule has 2 aromatic heterocycles. The van der Waals surface area contributed by atoms with E-state index in [-0.39, 0.29) is 4.90 Å². The lowest BCUT2D eigenvalue weighted by molar-refractivity contribution is 0.297. The Balaban J connectivity index is 1.57. The molecule has 5 rings (SSSR count). The molecule has 0 spiro atoms. The lowest BCUT2D eigenvalue weighted by Gasteiger charge is -2.19. The number of pyridine rings is 1. The van der Waals surface area contributed by atoms with Crippen LogP contribution < -0.4 is 18.9 Å². The maximum Gasteiger partial charge on any atom is 0.241 e. The molecule has 33 heavy (non-hydrogen) atoms. The number of benzene rings is 2. The van der Waals surface area contributed by atoms with E-state index in [9.17, 15) is 8.42 Å². The lowest BCUT2D eigenvalue weighted by Crippen LogP contribution is -2.30. The van der Waals surface area contributed by atoms with Crippen LogP contribution in [-0.4, -0.2) is 33.7 Å². The van der Waals surface area contributed by atoms with Crippen molar-refractivity contribution in [3.8, 4) is 17.2 Å². The van der Waals surface area contributed by atoms with Gasteiger partial charge in [-0.1, -0.05) is 18.2 Å². The van der Waals surface area contributed by atoms with Gasteiger partial charge in [0.15, 0.2) is 11.5 Å². The van der Waals surface area contributed by atoms with Crippen LogP contribution in [0.25, 0.3) is 11.0 Å². The highest BCUT2D eigenvalue weighted by Crippen LogP contribution is 2.35. The summed E-state index contributed by atoms with van der Waals surface area (Å²) in [6, 6.07) is 16.3. The minimum absolute atomic E-state index is 0.0442. The van der Waals surface area contributed by atoms with Crippen LogP contribution in [0.1, 0.15) is 23.9 Å². The smallest absolute Gasteiger partial charge is 0.241 e. The van der Waals surface area contributed by atoms with Gasteiger partial charge < -0.3 is 18.6 Å². The molecule has 0 radical (unpaired) electrons. The lowest BCUT2D eigenvalue weighted by atomic mass is 10.1. The molecule has 0 aliphatic carbocycles. The van der Waals surface area contributed by atoms with Gasteiger partial charge in [-0.15, -0.1) is 0 Å². The first-order valence-corrected chi connectivity index (χ1v) is 11.9. The molecular formula is C24H22N2O6S. The minimum atomic E-state index is -4.00. The molecule has 0 fully saturated rings. The van der Waals surface area contributed by atoms with E-state index in [0.717, 1.165) is 11.8 Å². The molecule has 1 N–H and O–H groups in total. The number of nitrogens with zero attached hydrogens (tertiary/aromatic N) is 1. The molecule has 9 heteroatoms. The average Bonchev–Trinajstić information content (AvgIpc) is 3.12. The largest absolute Gasteiger partial charge is 0.495 e. The molecule has 0 saturated heterocycles. The predicted octanol–water partition coefficient (Wildman–Crippen LogP) is 4.07. The Kier molecular flexibility index (Phi) is 5.65. The van der Waals surface area contributed by atoms with Crippen LogP contribution in [0, 0.1) is 0 Å². The van der Waals surface area contributed by atoms with Gasteiger partial charge in [0, 0.05) is 24.1 Å². The van der Waals surface area contributed by atoms with Gasteiger partial charge in [-0.2, -0.15) is 4.72 Å². The Morgan fingerprint density at radius 1 is 1.00 bits per heavy atom. The van der Waals surface area contributed by atoms with Crippen LogP contribution in [0.15, 0.2) is 76.2 Å². The number of ether oxygens (including phenoxy) is 3.